The number of aliphatic imine (C=N–C) groups is 1. The van der Waals surface area contributed by atoms with Crippen molar-refractivity contribution in [2.45, 2.75) is 16.5 Å². The summed E-state index contributed by atoms with van der Waals surface area (Å²) >= 11 is 3.16. The van der Waals surface area contributed by atoms with Gasteiger partial charge in [0.25, 0.3) is 5.56 Å². The van der Waals surface area contributed by atoms with Crippen LogP contribution in [0, 0.1) is 0 Å². The Morgan fingerprint density at radius 1 is 1.23 bits per heavy atom. The number of thioether (sulfide) groups is 1. The lowest BCUT2D eigenvalue weighted by molar-refractivity contribution is 0.868. The summed E-state index contributed by atoms with van der Waals surface area (Å²) in [6.45, 7) is 0. The first-order valence-electron chi connectivity index (χ1n) is 8.07. The molecular formula is C18H13N5OS2. The fourth-order valence-electron chi connectivity index (χ4n) is 2.91. The smallest absolute Gasteiger partial charge is 0.272 e. The standard InChI is InChI=1S/C18H13N5OS2/c24-16-9-12(10-25-18-21-14-6-3-7-19-17(14)26-18)22-23(16)15-8-11-4-1-2-5-13(11)20-15/h1-7,9,22H,8,10H2. The van der Waals surface area contributed by atoms with E-state index in [0.29, 0.717) is 12.2 Å². The van der Waals surface area contributed by atoms with Crippen molar-refractivity contribution in [3.8, 4) is 0 Å². The van der Waals surface area contributed by atoms with Crippen LogP contribution >= 0.6 is 23.1 Å². The molecule has 0 saturated carbocycles. The lowest BCUT2D eigenvalue weighted by Crippen LogP contribution is -2.24. The first-order chi connectivity index (χ1) is 12.8. The number of nitrogens with one attached hydrogen (secondary N) is 1. The number of H-pyrrole nitrogens is 1. The van der Waals surface area contributed by atoms with Gasteiger partial charge in [0.15, 0.2) is 4.34 Å². The van der Waals surface area contributed by atoms with Gasteiger partial charge in [-0.1, -0.05) is 41.3 Å². The quantitative estimate of drug-likeness (QED) is 0.552. The van der Waals surface area contributed by atoms with Gasteiger partial charge >= 0.3 is 0 Å². The zero-order valence-electron chi connectivity index (χ0n) is 13.5. The van der Waals surface area contributed by atoms with E-state index >= 15 is 0 Å². The van der Waals surface area contributed by atoms with E-state index in [1.165, 1.54) is 4.68 Å². The first-order valence-corrected chi connectivity index (χ1v) is 9.88. The predicted molar refractivity (Wildman–Crippen MR) is 105 cm³/mol. The molecule has 1 aliphatic rings. The molecular weight excluding hydrogens is 366 g/mol. The number of hydrogen-bond donors (Lipinski definition) is 1. The molecule has 0 fully saturated rings. The summed E-state index contributed by atoms with van der Waals surface area (Å²) in [7, 11) is 0. The molecule has 0 atom stereocenters. The van der Waals surface area contributed by atoms with Gasteiger partial charge in [-0.05, 0) is 23.8 Å². The third kappa shape index (κ3) is 2.77. The number of hydrogen-bond acceptors (Lipinski definition) is 6. The average Bonchev–Trinajstić information content (AvgIpc) is 3.35. The lowest BCUT2D eigenvalue weighted by atomic mass is 10.1. The first kappa shape index (κ1) is 15.5. The molecule has 0 amide bonds. The second-order valence-corrected chi connectivity index (χ2v) is 8.08. The summed E-state index contributed by atoms with van der Waals surface area (Å²) in [5.74, 6) is 1.37. The molecule has 4 heterocycles. The van der Waals surface area contributed by atoms with Crippen molar-refractivity contribution in [1.82, 2.24) is 19.7 Å². The fraction of sp³-hybridized carbons (Fsp3) is 0.111. The van der Waals surface area contributed by atoms with Crippen molar-refractivity contribution in [3.63, 3.8) is 0 Å². The number of aromatic amines is 1. The molecule has 6 nitrogen and oxygen atoms in total. The van der Waals surface area contributed by atoms with Crippen molar-refractivity contribution in [2.24, 2.45) is 4.99 Å². The van der Waals surface area contributed by atoms with E-state index in [-0.39, 0.29) is 5.56 Å². The Balaban J connectivity index is 1.35. The number of para-hydroxylation sites is 1. The van der Waals surface area contributed by atoms with E-state index in [9.17, 15) is 4.79 Å². The molecule has 128 valence electrons. The summed E-state index contributed by atoms with van der Waals surface area (Å²) < 4.78 is 2.48. The molecule has 0 bridgehead atoms. The van der Waals surface area contributed by atoms with Crippen molar-refractivity contribution in [3.05, 3.63) is 70.3 Å². The maximum absolute atomic E-state index is 12.3. The molecule has 0 aliphatic carbocycles. The second-order valence-electron chi connectivity index (χ2n) is 5.88. The third-order valence-corrected chi connectivity index (χ3v) is 6.29. The topological polar surface area (TPSA) is 75.9 Å². The van der Waals surface area contributed by atoms with Gasteiger partial charge in [0.2, 0.25) is 0 Å². The number of pyridine rings is 1. The largest absolute Gasteiger partial charge is 0.293 e. The van der Waals surface area contributed by atoms with Crippen LogP contribution in [-0.4, -0.2) is 25.6 Å². The monoisotopic (exact) mass is 379 g/mol. The van der Waals surface area contributed by atoms with Crippen molar-refractivity contribution < 1.29 is 0 Å². The van der Waals surface area contributed by atoms with E-state index < -0.39 is 0 Å². The highest BCUT2D eigenvalue weighted by Crippen LogP contribution is 2.30. The summed E-state index contributed by atoms with van der Waals surface area (Å²) in [5.41, 5.74) is 3.75. The Kier molecular flexibility index (Phi) is 3.72. The van der Waals surface area contributed by atoms with Crippen LogP contribution in [0.5, 0.6) is 0 Å². The van der Waals surface area contributed by atoms with E-state index in [2.05, 4.69) is 20.1 Å². The van der Waals surface area contributed by atoms with Crippen molar-refractivity contribution in [1.29, 1.82) is 0 Å². The fourth-order valence-corrected chi connectivity index (χ4v) is 4.79. The van der Waals surface area contributed by atoms with Gasteiger partial charge < -0.3 is 0 Å². The maximum Gasteiger partial charge on any atom is 0.272 e. The minimum Gasteiger partial charge on any atom is -0.293 e. The van der Waals surface area contributed by atoms with E-state index in [1.807, 2.05) is 36.4 Å². The molecule has 4 aromatic rings. The normalized spacial score (nSPS) is 13.2. The molecule has 0 spiro atoms. The highest BCUT2D eigenvalue weighted by molar-refractivity contribution is 8.00. The number of benzene rings is 1. The summed E-state index contributed by atoms with van der Waals surface area (Å²) in [5, 5.41) is 3.18. The molecule has 1 N–H and O–H groups in total. The van der Waals surface area contributed by atoms with Crippen LogP contribution in [0.15, 0.2) is 62.8 Å². The zero-order valence-corrected chi connectivity index (χ0v) is 15.2. The van der Waals surface area contributed by atoms with Crippen LogP contribution in [0.2, 0.25) is 0 Å². The molecule has 8 heteroatoms. The van der Waals surface area contributed by atoms with Gasteiger partial charge in [0.05, 0.1) is 5.69 Å². The van der Waals surface area contributed by atoms with E-state index in [4.69, 9.17) is 0 Å². The van der Waals surface area contributed by atoms with Crippen LogP contribution < -0.4 is 5.56 Å². The Hall–Kier alpha value is -2.71. The number of aromatic nitrogens is 4. The van der Waals surface area contributed by atoms with E-state index in [1.54, 1.807) is 35.4 Å². The van der Waals surface area contributed by atoms with E-state index in [0.717, 1.165) is 37.5 Å². The number of fused-ring (bicyclic) bond motifs is 2. The Morgan fingerprint density at radius 2 is 2.15 bits per heavy atom. The van der Waals surface area contributed by atoms with Gasteiger partial charge in [-0.15, -0.1) is 0 Å². The molecule has 3 aromatic heterocycles. The third-order valence-electron chi connectivity index (χ3n) is 4.12. The van der Waals surface area contributed by atoms with Crippen LogP contribution in [-0.2, 0) is 12.2 Å². The number of nitrogens with zero attached hydrogens (tertiary/aromatic N) is 4. The van der Waals surface area contributed by atoms with Crippen molar-refractivity contribution >= 4 is 45.0 Å². The average molecular weight is 379 g/mol. The molecule has 26 heavy (non-hydrogen) atoms. The van der Waals surface area contributed by atoms with Crippen molar-refractivity contribution in [2.75, 3.05) is 0 Å². The van der Waals surface area contributed by atoms with Crippen LogP contribution in [0.4, 0.5) is 5.69 Å². The SMILES string of the molecule is O=c1cc(CSc2nc3cccnc3s2)[nH]n1C1=Nc2ccccc2C1. The number of rotatable bonds is 3. The van der Waals surface area contributed by atoms with Gasteiger partial charge in [-0.2, -0.15) is 0 Å². The highest BCUT2D eigenvalue weighted by atomic mass is 32.2. The molecule has 1 aromatic carbocycles. The van der Waals surface area contributed by atoms with Gasteiger partial charge in [-0.25, -0.2) is 19.6 Å². The Morgan fingerprint density at radius 3 is 3.04 bits per heavy atom. The summed E-state index contributed by atoms with van der Waals surface area (Å²) in [6.07, 6.45) is 2.43. The molecule has 0 unspecified atom stereocenters. The Labute approximate surface area is 156 Å². The highest BCUT2D eigenvalue weighted by Gasteiger charge is 2.18. The molecule has 5 rings (SSSR count). The van der Waals surface area contributed by atoms with Crippen LogP contribution in [0.25, 0.3) is 10.3 Å². The maximum atomic E-state index is 12.3. The molecule has 1 aliphatic heterocycles. The molecule has 0 radical (unpaired) electrons. The molecule has 0 saturated heterocycles. The minimum absolute atomic E-state index is 0.0851. The van der Waals surface area contributed by atoms with Crippen LogP contribution in [0.3, 0.4) is 0 Å². The predicted octanol–water partition coefficient (Wildman–Crippen LogP) is 3.61. The lowest BCUT2D eigenvalue weighted by Gasteiger charge is -2.00. The minimum atomic E-state index is -0.0851. The van der Waals surface area contributed by atoms with Crippen LogP contribution in [0.1, 0.15) is 11.3 Å². The zero-order chi connectivity index (χ0) is 17.5. The Bertz CT molecular complexity index is 1170. The van der Waals surface area contributed by atoms with Gasteiger partial charge in [-0.3, -0.25) is 9.89 Å². The number of thiazole rings is 1. The van der Waals surface area contributed by atoms with Gasteiger partial charge in [0.1, 0.15) is 16.2 Å². The summed E-state index contributed by atoms with van der Waals surface area (Å²) in [4.78, 5) is 26.7. The van der Waals surface area contributed by atoms with Gasteiger partial charge in [0, 0.05) is 30.1 Å². The second kappa shape index (κ2) is 6.22. The summed E-state index contributed by atoms with van der Waals surface area (Å²) in [6, 6.07) is 13.4.